The smallest absolute Gasteiger partial charge is 0.349 e. The Bertz CT molecular complexity index is 489. The molecular formula is C22H44O4Si. The van der Waals surface area contributed by atoms with Gasteiger partial charge in [0.25, 0.3) is 0 Å². The Morgan fingerprint density at radius 3 is 1.81 bits per heavy atom. The molecule has 1 aliphatic rings. The van der Waals surface area contributed by atoms with E-state index in [1.807, 2.05) is 20.8 Å². The van der Waals surface area contributed by atoms with Gasteiger partial charge in [-0.2, -0.15) is 0 Å². The van der Waals surface area contributed by atoms with Gasteiger partial charge in [-0.1, -0.05) is 76.2 Å². The molecule has 0 aliphatic carbocycles. The lowest BCUT2D eigenvalue weighted by Crippen LogP contribution is -2.66. The number of rotatable bonds is 6. The van der Waals surface area contributed by atoms with Crippen molar-refractivity contribution < 1.29 is 18.8 Å². The van der Waals surface area contributed by atoms with Gasteiger partial charge < -0.3 is 14.0 Å². The first kappa shape index (κ1) is 24.8. The lowest BCUT2D eigenvalue weighted by molar-refractivity contribution is -0.133. The first-order chi connectivity index (χ1) is 12.1. The maximum Gasteiger partial charge on any atom is 0.349 e. The van der Waals surface area contributed by atoms with Crippen LogP contribution in [0.25, 0.3) is 0 Å². The molecule has 0 saturated carbocycles. The number of aliphatic hydroxyl groups is 1. The van der Waals surface area contributed by atoms with Crippen molar-refractivity contribution in [3.8, 4) is 0 Å². The van der Waals surface area contributed by atoms with Gasteiger partial charge >= 0.3 is 8.56 Å². The van der Waals surface area contributed by atoms with Crippen LogP contribution in [0, 0.1) is 17.8 Å². The molecule has 0 bridgehead atoms. The van der Waals surface area contributed by atoms with E-state index in [0.29, 0.717) is 6.42 Å². The van der Waals surface area contributed by atoms with Gasteiger partial charge in [-0.25, -0.2) is 0 Å². The van der Waals surface area contributed by atoms with Crippen molar-refractivity contribution in [1.29, 1.82) is 0 Å². The zero-order valence-corrected chi connectivity index (χ0v) is 20.6. The molecule has 0 spiro atoms. The van der Waals surface area contributed by atoms with E-state index in [4.69, 9.17) is 8.85 Å². The van der Waals surface area contributed by atoms with E-state index in [0.717, 1.165) is 6.42 Å². The molecule has 0 amide bonds. The summed E-state index contributed by atoms with van der Waals surface area (Å²) < 4.78 is 13.6. The predicted octanol–water partition coefficient (Wildman–Crippen LogP) is 5.47. The molecule has 0 aromatic carbocycles. The molecule has 1 rings (SSSR count). The van der Waals surface area contributed by atoms with Crippen LogP contribution in [0.4, 0.5) is 0 Å². The van der Waals surface area contributed by atoms with Crippen LogP contribution >= 0.6 is 0 Å². The first-order valence-electron chi connectivity index (χ1n) is 10.7. The van der Waals surface area contributed by atoms with Crippen molar-refractivity contribution in [1.82, 2.24) is 0 Å². The zero-order valence-electron chi connectivity index (χ0n) is 19.6. The van der Waals surface area contributed by atoms with Crippen molar-refractivity contribution in [2.45, 2.75) is 117 Å². The van der Waals surface area contributed by atoms with E-state index in [-0.39, 0.29) is 45.8 Å². The number of hydrogen-bond acceptors (Lipinski definition) is 4. The molecular weight excluding hydrogens is 356 g/mol. The summed E-state index contributed by atoms with van der Waals surface area (Å²) in [5.41, 5.74) is 0. The highest BCUT2D eigenvalue weighted by Crippen LogP contribution is 2.56. The maximum atomic E-state index is 12.9. The molecule has 5 heteroatoms. The van der Waals surface area contributed by atoms with E-state index in [2.05, 4.69) is 55.4 Å². The minimum Gasteiger partial charge on any atom is -0.392 e. The molecule has 1 aliphatic heterocycles. The number of carbonyl (C=O) groups is 1. The highest BCUT2D eigenvalue weighted by atomic mass is 28.4. The molecule has 4 nitrogen and oxygen atoms in total. The highest BCUT2D eigenvalue weighted by Gasteiger charge is 2.63. The standard InChI is InChI=1S/C22H44O4Si/c1-12-18-16(5)19(13-17(23)15(4)20(24)14(2)3)26-27(25-18,21(6,7)8)22(9,10)11/h14-16,18-20,24H,12-13H2,1-11H3/t15-,16+,18+,19+,20-/m0/s1. The van der Waals surface area contributed by atoms with Gasteiger partial charge in [0, 0.05) is 28.3 Å². The quantitative estimate of drug-likeness (QED) is 0.601. The Kier molecular flexibility index (Phi) is 7.94. The van der Waals surface area contributed by atoms with Crippen LogP contribution in [0.15, 0.2) is 0 Å². The van der Waals surface area contributed by atoms with E-state index in [1.54, 1.807) is 0 Å². The lowest BCUT2D eigenvalue weighted by Gasteiger charge is -2.57. The fourth-order valence-corrected chi connectivity index (χ4v) is 9.83. The van der Waals surface area contributed by atoms with Crippen molar-refractivity contribution in [2.24, 2.45) is 17.8 Å². The summed E-state index contributed by atoms with van der Waals surface area (Å²) in [5.74, 6) is -0.0507. The summed E-state index contributed by atoms with van der Waals surface area (Å²) in [7, 11) is -2.64. The third kappa shape index (κ3) is 5.03. The van der Waals surface area contributed by atoms with Crippen molar-refractivity contribution >= 4 is 14.3 Å². The van der Waals surface area contributed by atoms with Gasteiger partial charge in [0.1, 0.15) is 5.78 Å². The molecule has 0 aromatic heterocycles. The van der Waals surface area contributed by atoms with E-state index >= 15 is 0 Å². The largest absolute Gasteiger partial charge is 0.392 e. The summed E-state index contributed by atoms with van der Waals surface area (Å²) in [6.07, 6.45) is 0.615. The molecule has 0 aromatic rings. The zero-order chi connectivity index (χ0) is 21.4. The van der Waals surface area contributed by atoms with E-state index in [9.17, 15) is 9.90 Å². The fourth-order valence-electron chi connectivity index (χ4n) is 4.57. The van der Waals surface area contributed by atoms with Crippen LogP contribution in [0.5, 0.6) is 0 Å². The van der Waals surface area contributed by atoms with Crippen LogP contribution in [0.1, 0.15) is 89.0 Å². The predicted molar refractivity (Wildman–Crippen MR) is 114 cm³/mol. The average molecular weight is 401 g/mol. The molecule has 0 radical (unpaired) electrons. The molecule has 1 saturated heterocycles. The molecule has 5 atom stereocenters. The summed E-state index contributed by atoms with van der Waals surface area (Å²) in [5, 5.41) is 10.1. The number of ketones is 1. The van der Waals surface area contributed by atoms with Crippen LogP contribution in [-0.4, -0.2) is 37.8 Å². The van der Waals surface area contributed by atoms with E-state index < -0.39 is 14.7 Å². The molecule has 160 valence electrons. The van der Waals surface area contributed by atoms with Crippen molar-refractivity contribution in [3.63, 3.8) is 0 Å². The summed E-state index contributed by atoms with van der Waals surface area (Å²) in [6, 6.07) is 0. The Morgan fingerprint density at radius 2 is 1.44 bits per heavy atom. The topological polar surface area (TPSA) is 55.8 Å². The maximum absolute atomic E-state index is 12.9. The van der Waals surface area contributed by atoms with Crippen LogP contribution in [0.3, 0.4) is 0 Å². The summed E-state index contributed by atoms with van der Waals surface area (Å²) in [6.45, 7) is 23.3. The molecule has 1 heterocycles. The van der Waals surface area contributed by atoms with Gasteiger partial charge in [0.15, 0.2) is 0 Å². The summed E-state index contributed by atoms with van der Waals surface area (Å²) in [4.78, 5) is 12.9. The second-order valence-electron chi connectivity index (χ2n) is 10.9. The van der Waals surface area contributed by atoms with Crippen molar-refractivity contribution in [2.75, 3.05) is 0 Å². The second-order valence-corrected chi connectivity index (χ2v) is 15.6. The second kappa shape index (κ2) is 8.64. The number of hydrogen-bond donors (Lipinski definition) is 1. The van der Waals surface area contributed by atoms with Gasteiger partial charge in [0.2, 0.25) is 0 Å². The lowest BCUT2D eigenvalue weighted by atomic mass is 9.86. The molecule has 27 heavy (non-hydrogen) atoms. The number of carbonyl (C=O) groups excluding carboxylic acids is 1. The van der Waals surface area contributed by atoms with Gasteiger partial charge in [-0.15, -0.1) is 0 Å². The Labute approximate surface area is 168 Å². The van der Waals surface area contributed by atoms with Gasteiger partial charge in [-0.05, 0) is 12.3 Å². The third-order valence-corrected chi connectivity index (χ3v) is 11.5. The van der Waals surface area contributed by atoms with E-state index in [1.165, 1.54) is 0 Å². The first-order valence-corrected chi connectivity index (χ1v) is 12.5. The average Bonchev–Trinajstić information content (AvgIpc) is 2.52. The van der Waals surface area contributed by atoms with Crippen molar-refractivity contribution in [3.05, 3.63) is 0 Å². The minimum absolute atomic E-state index is 0.0676. The Hall–Kier alpha value is -0.233. The number of Topliss-reactive ketones (excluding diaryl/α,β-unsaturated/α-hetero) is 1. The van der Waals surface area contributed by atoms with Crippen LogP contribution in [-0.2, 0) is 13.6 Å². The number of aliphatic hydroxyl groups excluding tert-OH is 1. The monoisotopic (exact) mass is 400 g/mol. The summed E-state index contributed by atoms with van der Waals surface area (Å²) >= 11 is 0. The molecule has 1 N–H and O–H groups in total. The van der Waals surface area contributed by atoms with Crippen LogP contribution in [0.2, 0.25) is 10.1 Å². The minimum atomic E-state index is -2.64. The fraction of sp³-hybridized carbons (Fsp3) is 0.955. The molecule has 1 fully saturated rings. The third-order valence-electron chi connectivity index (χ3n) is 6.29. The SMILES string of the molecule is CC[C@H]1O[Si](C(C)(C)C)(C(C)(C)C)O[C@H](CC(=O)[C@H](C)[C@@H](O)C(C)C)[C@@H]1C. The van der Waals surface area contributed by atoms with Gasteiger partial charge in [-0.3, -0.25) is 4.79 Å². The normalized spacial score (nSPS) is 28.9. The highest BCUT2D eigenvalue weighted by molar-refractivity contribution is 6.73. The Balaban J connectivity index is 3.20. The van der Waals surface area contributed by atoms with Crippen LogP contribution < -0.4 is 0 Å². The molecule has 0 unspecified atom stereocenters. The van der Waals surface area contributed by atoms with Gasteiger partial charge in [0.05, 0.1) is 18.3 Å². The Morgan fingerprint density at radius 1 is 1.00 bits per heavy atom.